The third-order valence-corrected chi connectivity index (χ3v) is 10.9. The Labute approximate surface area is 289 Å². The molecule has 1 aliphatic heterocycles. The van der Waals surface area contributed by atoms with E-state index in [1.807, 2.05) is 0 Å². The van der Waals surface area contributed by atoms with Crippen molar-refractivity contribution < 1.29 is 4.74 Å². The molecule has 1 heterocycles. The van der Waals surface area contributed by atoms with Gasteiger partial charge in [-0.3, -0.25) is 0 Å². The molecule has 0 amide bonds. The summed E-state index contributed by atoms with van der Waals surface area (Å²) in [5, 5.41) is 14.8. The highest BCUT2D eigenvalue weighted by atomic mass is 16.5. The molecule has 232 valence electrons. The van der Waals surface area contributed by atoms with Crippen molar-refractivity contribution in [2.24, 2.45) is 0 Å². The lowest BCUT2D eigenvalue weighted by Gasteiger charge is -2.33. The summed E-state index contributed by atoms with van der Waals surface area (Å²) in [4.78, 5) is 0. The first kappa shape index (κ1) is 27.5. The standard InChI is InChI=1S/C49H30O/c1-3-15-34-32(13-1)29-33-14-2-4-16-35(33)44(34)30-25-27-31(28-26-30)45-46-40-21-9-5-17-36(40)38-19-7-11-23-42(38)48(46)50-49-43-24-12-8-20-39(43)37-18-6-10-22-41(37)47(45)49/h1-29,45H. The molecular formula is C49H30O. The minimum Gasteiger partial charge on any atom is -0.455 e. The first-order valence-electron chi connectivity index (χ1n) is 17.4. The molecule has 0 aromatic heterocycles. The number of benzene rings is 10. The zero-order chi connectivity index (χ0) is 32.8. The van der Waals surface area contributed by atoms with Gasteiger partial charge in [-0.2, -0.15) is 0 Å². The average molecular weight is 635 g/mol. The second-order valence-electron chi connectivity index (χ2n) is 13.5. The molecule has 0 N–H and O–H groups in total. The van der Waals surface area contributed by atoms with E-state index in [9.17, 15) is 0 Å². The van der Waals surface area contributed by atoms with Gasteiger partial charge in [0.25, 0.3) is 0 Å². The quantitative estimate of drug-likeness (QED) is 0.136. The highest BCUT2D eigenvalue weighted by molar-refractivity contribution is 6.17. The molecule has 0 bridgehead atoms. The third-order valence-electron chi connectivity index (χ3n) is 10.9. The van der Waals surface area contributed by atoms with Crippen molar-refractivity contribution in [2.45, 2.75) is 5.92 Å². The predicted octanol–water partition coefficient (Wildman–Crippen LogP) is 13.6. The zero-order valence-electron chi connectivity index (χ0n) is 27.2. The Morgan fingerprint density at radius 3 is 1.14 bits per heavy atom. The first-order valence-corrected chi connectivity index (χ1v) is 17.4. The average Bonchev–Trinajstić information content (AvgIpc) is 3.19. The van der Waals surface area contributed by atoms with E-state index in [2.05, 4.69) is 176 Å². The summed E-state index contributed by atoms with van der Waals surface area (Å²) in [5.41, 5.74) is 6.23. The van der Waals surface area contributed by atoms with Crippen LogP contribution >= 0.6 is 0 Å². The summed E-state index contributed by atoms with van der Waals surface area (Å²) in [6, 6.07) is 64.4. The van der Waals surface area contributed by atoms with Crippen molar-refractivity contribution in [1.82, 2.24) is 0 Å². The van der Waals surface area contributed by atoms with Crippen molar-refractivity contribution >= 4 is 64.6 Å². The molecule has 0 radical (unpaired) electrons. The molecular weight excluding hydrogens is 605 g/mol. The van der Waals surface area contributed by atoms with E-state index >= 15 is 0 Å². The van der Waals surface area contributed by atoms with Crippen molar-refractivity contribution in [3.63, 3.8) is 0 Å². The highest BCUT2D eigenvalue weighted by Crippen LogP contribution is 2.57. The minimum atomic E-state index is -0.0453. The Hall–Kier alpha value is -6.44. The normalized spacial score (nSPS) is 12.9. The van der Waals surface area contributed by atoms with Gasteiger partial charge in [0.2, 0.25) is 0 Å². The molecule has 0 unspecified atom stereocenters. The van der Waals surface area contributed by atoms with Crippen LogP contribution in [0.4, 0.5) is 0 Å². The van der Waals surface area contributed by atoms with Gasteiger partial charge in [0.1, 0.15) is 11.5 Å². The van der Waals surface area contributed by atoms with Crippen molar-refractivity contribution in [3.8, 4) is 22.6 Å². The van der Waals surface area contributed by atoms with Crippen LogP contribution in [0.15, 0.2) is 176 Å². The van der Waals surface area contributed by atoms with E-state index in [4.69, 9.17) is 4.74 Å². The van der Waals surface area contributed by atoms with Crippen molar-refractivity contribution in [1.29, 1.82) is 0 Å². The second-order valence-corrected chi connectivity index (χ2v) is 13.5. The van der Waals surface area contributed by atoms with Crippen LogP contribution in [0.25, 0.3) is 75.8 Å². The Morgan fingerprint density at radius 2 is 0.680 bits per heavy atom. The number of hydrogen-bond donors (Lipinski definition) is 0. The predicted molar refractivity (Wildman–Crippen MR) is 211 cm³/mol. The van der Waals surface area contributed by atoms with E-state index < -0.39 is 0 Å². The summed E-state index contributed by atoms with van der Waals surface area (Å²) in [6.07, 6.45) is 0. The molecule has 1 aliphatic rings. The lowest BCUT2D eigenvalue weighted by molar-refractivity contribution is 0.467. The minimum absolute atomic E-state index is 0.0453. The molecule has 0 saturated carbocycles. The molecule has 10 aromatic carbocycles. The van der Waals surface area contributed by atoms with Crippen LogP contribution in [0.1, 0.15) is 22.6 Å². The first-order chi connectivity index (χ1) is 24.8. The molecule has 0 spiro atoms. The van der Waals surface area contributed by atoms with E-state index in [-0.39, 0.29) is 5.92 Å². The molecule has 10 aromatic rings. The monoisotopic (exact) mass is 634 g/mol. The Morgan fingerprint density at radius 1 is 0.320 bits per heavy atom. The van der Waals surface area contributed by atoms with Gasteiger partial charge in [0, 0.05) is 27.8 Å². The van der Waals surface area contributed by atoms with E-state index in [1.165, 1.54) is 81.7 Å². The molecule has 0 aliphatic carbocycles. The van der Waals surface area contributed by atoms with Crippen LogP contribution in [-0.4, -0.2) is 0 Å². The molecule has 1 nitrogen and oxygen atoms in total. The van der Waals surface area contributed by atoms with E-state index in [1.54, 1.807) is 0 Å². The van der Waals surface area contributed by atoms with Crippen LogP contribution in [-0.2, 0) is 0 Å². The summed E-state index contributed by atoms with van der Waals surface area (Å²) >= 11 is 0. The molecule has 0 fully saturated rings. The van der Waals surface area contributed by atoms with Crippen LogP contribution in [0, 0.1) is 0 Å². The fourth-order valence-corrected chi connectivity index (χ4v) is 8.81. The molecule has 0 atom stereocenters. The summed E-state index contributed by atoms with van der Waals surface area (Å²) in [7, 11) is 0. The Balaban J connectivity index is 1.24. The molecule has 50 heavy (non-hydrogen) atoms. The van der Waals surface area contributed by atoms with E-state index in [0.717, 1.165) is 22.3 Å². The summed E-state index contributed by atoms with van der Waals surface area (Å²) in [6.45, 7) is 0. The maximum atomic E-state index is 7.26. The largest absolute Gasteiger partial charge is 0.455 e. The highest BCUT2D eigenvalue weighted by Gasteiger charge is 2.35. The number of fused-ring (bicyclic) bond motifs is 14. The Kier molecular flexibility index (Phi) is 5.79. The lowest BCUT2D eigenvalue weighted by Crippen LogP contribution is -2.14. The summed E-state index contributed by atoms with van der Waals surface area (Å²) in [5.74, 6) is 1.87. The van der Waals surface area contributed by atoms with Gasteiger partial charge in [-0.15, -0.1) is 0 Å². The summed E-state index contributed by atoms with van der Waals surface area (Å²) < 4.78 is 7.26. The van der Waals surface area contributed by atoms with Gasteiger partial charge in [0.05, 0.1) is 0 Å². The third kappa shape index (κ3) is 3.83. The van der Waals surface area contributed by atoms with Crippen molar-refractivity contribution in [2.75, 3.05) is 0 Å². The van der Waals surface area contributed by atoms with Gasteiger partial charge in [0.15, 0.2) is 0 Å². The SMILES string of the molecule is c1ccc2c(-c3ccc(C4c5c(c6ccccc6c6ccccc56)Oc5c4c4ccccc4c4ccccc54)cc3)c3ccccc3cc2c1. The molecule has 11 rings (SSSR count). The number of hydrogen-bond acceptors (Lipinski definition) is 1. The Bertz CT molecular complexity index is 2830. The topological polar surface area (TPSA) is 9.23 Å². The van der Waals surface area contributed by atoms with Gasteiger partial charge < -0.3 is 4.74 Å². The second kappa shape index (κ2) is 10.5. The van der Waals surface area contributed by atoms with E-state index in [0.29, 0.717) is 0 Å². The molecule has 1 heteroatoms. The zero-order valence-corrected chi connectivity index (χ0v) is 27.2. The smallest absolute Gasteiger partial charge is 0.140 e. The van der Waals surface area contributed by atoms with Crippen LogP contribution in [0.3, 0.4) is 0 Å². The number of rotatable bonds is 2. The van der Waals surface area contributed by atoms with Gasteiger partial charge in [-0.1, -0.05) is 170 Å². The number of ether oxygens (including phenoxy) is 1. The van der Waals surface area contributed by atoms with Crippen molar-refractivity contribution in [3.05, 3.63) is 193 Å². The fraction of sp³-hybridized carbons (Fsp3) is 0.0204. The van der Waals surface area contributed by atoms with Crippen LogP contribution in [0.5, 0.6) is 11.5 Å². The molecule has 0 saturated heterocycles. The van der Waals surface area contributed by atoms with Gasteiger partial charge in [-0.25, -0.2) is 0 Å². The maximum Gasteiger partial charge on any atom is 0.140 e. The van der Waals surface area contributed by atoms with Gasteiger partial charge >= 0.3 is 0 Å². The fourth-order valence-electron chi connectivity index (χ4n) is 8.81. The van der Waals surface area contributed by atoms with Crippen LogP contribution in [0.2, 0.25) is 0 Å². The lowest BCUT2D eigenvalue weighted by atomic mass is 9.76. The van der Waals surface area contributed by atoms with Gasteiger partial charge in [-0.05, 0) is 76.6 Å². The maximum absolute atomic E-state index is 7.26. The van der Waals surface area contributed by atoms with Crippen LogP contribution < -0.4 is 4.74 Å².